The quantitative estimate of drug-likeness (QED) is 0.657. The number of carbonyl (C=O) groups excluding carboxylic acids is 2. The molecule has 1 N–H and O–H groups in total. The van der Waals surface area contributed by atoms with E-state index < -0.39 is 0 Å². The molecule has 3 rings (SSSR count). The summed E-state index contributed by atoms with van der Waals surface area (Å²) in [6.07, 6.45) is 5.12. The molecule has 0 atom stereocenters. The normalized spacial score (nSPS) is 10.6. The summed E-state index contributed by atoms with van der Waals surface area (Å²) < 4.78 is 3.20. The van der Waals surface area contributed by atoms with Crippen molar-refractivity contribution in [1.82, 2.24) is 35.0 Å². The van der Waals surface area contributed by atoms with Gasteiger partial charge >= 0.3 is 0 Å². The van der Waals surface area contributed by atoms with Crippen LogP contribution in [-0.4, -0.2) is 55.6 Å². The van der Waals surface area contributed by atoms with Crippen molar-refractivity contribution in [3.8, 4) is 0 Å². The molecule has 0 saturated heterocycles. The van der Waals surface area contributed by atoms with Crippen LogP contribution in [0, 0.1) is 0 Å². The minimum absolute atomic E-state index is 0.0466. The van der Waals surface area contributed by atoms with E-state index in [2.05, 4.69) is 20.7 Å². The number of amides is 2. The summed E-state index contributed by atoms with van der Waals surface area (Å²) in [7, 11) is 3.32. The molecular formula is C18H21N7O2. The van der Waals surface area contributed by atoms with Crippen molar-refractivity contribution in [3.63, 3.8) is 0 Å². The third-order valence-corrected chi connectivity index (χ3v) is 3.95. The summed E-state index contributed by atoms with van der Waals surface area (Å²) in [4.78, 5) is 25.3. The maximum Gasteiger partial charge on any atom is 0.273 e. The highest BCUT2D eigenvalue weighted by molar-refractivity contribution is 5.91. The molecule has 27 heavy (non-hydrogen) atoms. The van der Waals surface area contributed by atoms with Crippen LogP contribution in [0.5, 0.6) is 0 Å². The molecule has 2 aromatic heterocycles. The molecule has 3 aromatic rings. The second kappa shape index (κ2) is 8.26. The van der Waals surface area contributed by atoms with E-state index in [1.54, 1.807) is 20.3 Å². The van der Waals surface area contributed by atoms with Gasteiger partial charge in [-0.3, -0.25) is 14.3 Å². The van der Waals surface area contributed by atoms with E-state index in [9.17, 15) is 9.59 Å². The first-order valence-electron chi connectivity index (χ1n) is 8.45. The monoisotopic (exact) mass is 367 g/mol. The fourth-order valence-corrected chi connectivity index (χ4v) is 2.38. The summed E-state index contributed by atoms with van der Waals surface area (Å²) in [6.45, 7) is 1.13. The van der Waals surface area contributed by atoms with Gasteiger partial charge in [0.15, 0.2) is 5.69 Å². The molecular weight excluding hydrogens is 346 g/mol. The molecule has 0 aliphatic rings. The van der Waals surface area contributed by atoms with E-state index in [1.807, 2.05) is 41.2 Å². The number of nitrogens with zero attached hydrogens (tertiary/aromatic N) is 6. The molecule has 9 nitrogen and oxygen atoms in total. The Labute approximate surface area is 156 Å². The Bertz CT molecular complexity index is 898. The Morgan fingerprint density at radius 2 is 1.85 bits per heavy atom. The smallest absolute Gasteiger partial charge is 0.273 e. The van der Waals surface area contributed by atoms with Crippen LogP contribution in [0.25, 0.3) is 0 Å². The van der Waals surface area contributed by atoms with E-state index in [0.29, 0.717) is 13.1 Å². The van der Waals surface area contributed by atoms with Gasteiger partial charge < -0.3 is 10.2 Å². The van der Waals surface area contributed by atoms with Gasteiger partial charge in [-0.2, -0.15) is 5.10 Å². The molecule has 9 heteroatoms. The van der Waals surface area contributed by atoms with Crippen LogP contribution in [0.2, 0.25) is 0 Å². The Balaban J connectivity index is 1.51. The fourth-order valence-electron chi connectivity index (χ4n) is 2.38. The summed E-state index contributed by atoms with van der Waals surface area (Å²) in [5, 5.41) is 14.6. The molecule has 0 saturated carbocycles. The molecule has 0 aliphatic carbocycles. The first-order valence-corrected chi connectivity index (χ1v) is 8.45. The van der Waals surface area contributed by atoms with Gasteiger partial charge in [-0.15, -0.1) is 5.10 Å². The summed E-state index contributed by atoms with van der Waals surface area (Å²) in [5.74, 6) is -0.457. The average Bonchev–Trinajstić information content (AvgIpc) is 3.33. The van der Waals surface area contributed by atoms with Crippen molar-refractivity contribution < 1.29 is 9.59 Å². The van der Waals surface area contributed by atoms with Gasteiger partial charge in [-0.1, -0.05) is 29.5 Å². The first kappa shape index (κ1) is 18.3. The van der Waals surface area contributed by atoms with Gasteiger partial charge in [0.05, 0.1) is 12.7 Å². The highest BCUT2D eigenvalue weighted by Crippen LogP contribution is 2.06. The number of aromatic nitrogens is 5. The number of likely N-dealkylation sites (N-methyl/N-ethyl adjacent to an activating group) is 1. The minimum Gasteiger partial charge on any atom is -0.347 e. The van der Waals surface area contributed by atoms with E-state index in [-0.39, 0.29) is 24.1 Å². The molecule has 0 unspecified atom stereocenters. The van der Waals surface area contributed by atoms with E-state index in [0.717, 1.165) is 11.1 Å². The zero-order valence-corrected chi connectivity index (χ0v) is 15.2. The molecule has 2 heterocycles. The number of nitrogens with one attached hydrogen (secondary N) is 1. The van der Waals surface area contributed by atoms with E-state index in [1.165, 1.54) is 15.8 Å². The van der Waals surface area contributed by atoms with Gasteiger partial charge in [0.1, 0.15) is 6.54 Å². The maximum atomic E-state index is 12.2. The molecule has 140 valence electrons. The highest BCUT2D eigenvalue weighted by Gasteiger charge is 2.13. The van der Waals surface area contributed by atoms with Crippen LogP contribution in [0.3, 0.4) is 0 Å². The van der Waals surface area contributed by atoms with E-state index in [4.69, 9.17) is 0 Å². The summed E-state index contributed by atoms with van der Waals surface area (Å²) in [5.41, 5.74) is 2.28. The standard InChI is InChI=1S/C18H21N7O2/c1-23(2)17(26)13-25-12-16(21-22-25)18(27)19-10-14-4-6-15(7-5-14)11-24-9-3-8-20-24/h3-9,12H,10-11,13H2,1-2H3,(H,19,27). The van der Waals surface area contributed by atoms with Crippen LogP contribution < -0.4 is 5.32 Å². The van der Waals surface area contributed by atoms with Gasteiger partial charge in [-0.25, -0.2) is 4.68 Å². The van der Waals surface area contributed by atoms with Crippen LogP contribution >= 0.6 is 0 Å². The number of hydrogen-bond donors (Lipinski definition) is 1. The van der Waals surface area contributed by atoms with Crippen molar-refractivity contribution in [1.29, 1.82) is 0 Å². The highest BCUT2D eigenvalue weighted by atomic mass is 16.2. The first-order chi connectivity index (χ1) is 13.0. The van der Waals surface area contributed by atoms with Gasteiger partial charge in [-0.05, 0) is 17.2 Å². The largest absolute Gasteiger partial charge is 0.347 e. The number of carbonyl (C=O) groups is 2. The lowest BCUT2D eigenvalue weighted by molar-refractivity contribution is -0.129. The van der Waals surface area contributed by atoms with Crippen LogP contribution in [-0.2, 0) is 24.4 Å². The predicted octanol–water partition coefficient (Wildman–Crippen LogP) is 0.541. The Kier molecular flexibility index (Phi) is 5.60. The molecule has 0 fully saturated rings. The summed E-state index contributed by atoms with van der Waals surface area (Å²) in [6, 6.07) is 9.83. The van der Waals surface area contributed by atoms with Gasteiger partial charge in [0, 0.05) is 33.0 Å². The molecule has 0 bridgehead atoms. The third-order valence-electron chi connectivity index (χ3n) is 3.95. The fraction of sp³-hybridized carbons (Fsp3) is 0.278. The minimum atomic E-state index is -0.334. The Hall–Kier alpha value is -3.49. The zero-order valence-electron chi connectivity index (χ0n) is 15.2. The average molecular weight is 367 g/mol. The van der Waals surface area contributed by atoms with Crippen molar-refractivity contribution >= 4 is 11.8 Å². The van der Waals surface area contributed by atoms with Gasteiger partial charge in [0.2, 0.25) is 5.91 Å². The lowest BCUT2D eigenvalue weighted by Gasteiger charge is -2.08. The van der Waals surface area contributed by atoms with Crippen molar-refractivity contribution in [2.24, 2.45) is 0 Å². The second-order valence-corrected chi connectivity index (χ2v) is 6.29. The predicted molar refractivity (Wildman–Crippen MR) is 97.7 cm³/mol. The number of benzene rings is 1. The van der Waals surface area contributed by atoms with Crippen LogP contribution in [0.4, 0.5) is 0 Å². The Morgan fingerprint density at radius 1 is 1.11 bits per heavy atom. The Morgan fingerprint density at radius 3 is 2.52 bits per heavy atom. The van der Waals surface area contributed by atoms with Crippen LogP contribution in [0.1, 0.15) is 21.6 Å². The lowest BCUT2D eigenvalue weighted by Crippen LogP contribution is -2.26. The van der Waals surface area contributed by atoms with Crippen molar-refractivity contribution in [3.05, 3.63) is 65.7 Å². The number of rotatable bonds is 7. The number of hydrogen-bond acceptors (Lipinski definition) is 5. The molecule has 0 spiro atoms. The molecule has 2 amide bonds. The SMILES string of the molecule is CN(C)C(=O)Cn1cc(C(=O)NCc2ccc(Cn3cccn3)cc2)nn1. The van der Waals surface area contributed by atoms with Crippen molar-refractivity contribution in [2.75, 3.05) is 14.1 Å². The maximum absolute atomic E-state index is 12.2. The molecule has 0 radical (unpaired) electrons. The van der Waals surface area contributed by atoms with Crippen molar-refractivity contribution in [2.45, 2.75) is 19.6 Å². The third kappa shape index (κ3) is 5.00. The topological polar surface area (TPSA) is 97.9 Å². The van der Waals surface area contributed by atoms with Gasteiger partial charge in [0.25, 0.3) is 5.91 Å². The summed E-state index contributed by atoms with van der Waals surface area (Å²) >= 11 is 0. The van der Waals surface area contributed by atoms with Crippen LogP contribution in [0.15, 0.2) is 48.9 Å². The second-order valence-electron chi connectivity index (χ2n) is 6.29. The molecule has 1 aromatic carbocycles. The molecule has 0 aliphatic heterocycles. The van der Waals surface area contributed by atoms with E-state index >= 15 is 0 Å². The lowest BCUT2D eigenvalue weighted by atomic mass is 10.1. The zero-order chi connectivity index (χ0) is 19.2.